The predicted molar refractivity (Wildman–Crippen MR) is 50.6 cm³/mol. The molecule has 0 saturated carbocycles. The Kier molecular flexibility index (Phi) is 6.14. The molecule has 0 fully saturated rings. The number of rotatable bonds is 0. The Hall–Kier alpha value is -0.461. The first-order valence-corrected chi connectivity index (χ1v) is 3.54. The molecule has 0 nitrogen and oxygen atoms in total. The Morgan fingerprint density at radius 1 is 1.08 bits per heavy atom. The first kappa shape index (κ1) is 15.0. The second-order valence-corrected chi connectivity index (χ2v) is 2.79. The van der Waals surface area contributed by atoms with E-state index in [0.29, 0.717) is 11.1 Å². The molecule has 1 aromatic carbocycles. The van der Waals surface area contributed by atoms with Gasteiger partial charge in [-0.2, -0.15) is 5.56 Å². The van der Waals surface area contributed by atoms with Crippen molar-refractivity contribution in [1.29, 1.82) is 0 Å². The van der Waals surface area contributed by atoms with Gasteiger partial charge in [-0.05, 0) is 6.92 Å². The molecule has 1 aromatic rings. The zero-order chi connectivity index (χ0) is 8.59. The second-order valence-electron chi connectivity index (χ2n) is 2.79. The van der Waals surface area contributed by atoms with Crippen molar-refractivity contribution in [2.75, 3.05) is 0 Å². The van der Waals surface area contributed by atoms with Crippen LogP contribution in [-0.4, -0.2) is 0 Å². The fourth-order valence-electron chi connectivity index (χ4n) is 0.992. The van der Waals surface area contributed by atoms with E-state index in [2.05, 4.69) is 13.0 Å². The summed E-state index contributed by atoms with van der Waals surface area (Å²) in [5, 5.41) is 0. The van der Waals surface area contributed by atoms with E-state index in [1.54, 1.807) is 6.92 Å². The molecule has 74 valence electrons. The van der Waals surface area contributed by atoms with Crippen LogP contribution < -0.4 is 0 Å². The summed E-state index contributed by atoms with van der Waals surface area (Å²) in [6.07, 6.45) is 0. The molecule has 0 N–H and O–H groups in total. The van der Waals surface area contributed by atoms with Gasteiger partial charge in [0.2, 0.25) is 0 Å². The summed E-state index contributed by atoms with van der Waals surface area (Å²) in [5.41, 5.74) is 3.34. The predicted octanol–water partition coefficient (Wildman–Crippen LogP) is 3.37. The average Bonchev–Trinajstić information content (AvgIpc) is 1.97. The summed E-state index contributed by atoms with van der Waals surface area (Å²) in [7, 11) is 0. The van der Waals surface area contributed by atoms with Crippen molar-refractivity contribution in [1.82, 2.24) is 0 Å². The molecule has 0 aliphatic rings. The van der Waals surface area contributed by atoms with Crippen LogP contribution in [0.25, 0.3) is 0 Å². The average molecular weight is 222 g/mol. The fraction of sp³-hybridized carbons (Fsp3) is 0.364. The number of benzene rings is 1. The van der Waals surface area contributed by atoms with E-state index in [1.165, 1.54) is 0 Å². The topological polar surface area (TPSA) is 0 Å². The molecule has 0 aromatic heterocycles. The van der Waals surface area contributed by atoms with Crippen molar-refractivity contribution in [2.45, 2.75) is 28.2 Å². The SMILES string of the molecule is C.[CH2-]c1[c-]c(F)c(C)c(C)c1C.[Fe+2]. The van der Waals surface area contributed by atoms with Gasteiger partial charge >= 0.3 is 17.1 Å². The van der Waals surface area contributed by atoms with E-state index >= 15 is 0 Å². The third-order valence-corrected chi connectivity index (χ3v) is 2.17. The van der Waals surface area contributed by atoms with E-state index in [1.807, 2.05) is 13.8 Å². The van der Waals surface area contributed by atoms with Crippen LogP contribution in [0.2, 0.25) is 0 Å². The smallest absolute Gasteiger partial charge is 0.368 e. The Balaban J connectivity index is 0. The molecule has 0 unspecified atom stereocenters. The van der Waals surface area contributed by atoms with Crippen LogP contribution in [-0.2, 0) is 17.1 Å². The summed E-state index contributed by atoms with van der Waals surface area (Å²) in [6.45, 7) is 9.28. The Morgan fingerprint density at radius 3 is 2.00 bits per heavy atom. The van der Waals surface area contributed by atoms with Gasteiger partial charge in [-0.3, -0.25) is 5.56 Å². The van der Waals surface area contributed by atoms with Crippen molar-refractivity contribution < 1.29 is 21.5 Å². The van der Waals surface area contributed by atoms with Crippen LogP contribution in [0.1, 0.15) is 29.7 Å². The molecular weight excluding hydrogens is 207 g/mol. The maximum absolute atomic E-state index is 12.9. The van der Waals surface area contributed by atoms with E-state index < -0.39 is 0 Å². The van der Waals surface area contributed by atoms with Crippen molar-refractivity contribution >= 4 is 0 Å². The van der Waals surface area contributed by atoms with Crippen LogP contribution in [0.4, 0.5) is 4.39 Å². The van der Waals surface area contributed by atoms with Gasteiger partial charge in [-0.25, -0.2) is 4.39 Å². The molecule has 0 amide bonds. The number of halogens is 1. The molecule has 0 bridgehead atoms. The summed E-state index contributed by atoms with van der Waals surface area (Å²) in [5.74, 6) is -0.280. The standard InChI is InChI=1S/C10H11F.CH4.Fe/c1-6-5-10(11)9(4)8(3)7(6)2;;/h1H2,2-4H3;1H4;/q-2;;+2. The van der Waals surface area contributed by atoms with Gasteiger partial charge in [0.05, 0.1) is 0 Å². The normalized spacial score (nSPS) is 8.62. The first-order chi connectivity index (χ1) is 5.04. The van der Waals surface area contributed by atoms with Crippen LogP contribution in [0.5, 0.6) is 0 Å². The van der Waals surface area contributed by atoms with Gasteiger partial charge in [0, 0.05) is 5.82 Å². The minimum Gasteiger partial charge on any atom is -0.368 e. The maximum atomic E-state index is 12.9. The number of hydrogen-bond acceptors (Lipinski definition) is 0. The monoisotopic (exact) mass is 222 g/mol. The minimum absolute atomic E-state index is 0. The molecular formula is C11H15FFe. The van der Waals surface area contributed by atoms with Gasteiger partial charge in [0.15, 0.2) is 0 Å². The molecule has 0 saturated heterocycles. The fourth-order valence-corrected chi connectivity index (χ4v) is 0.992. The van der Waals surface area contributed by atoms with Crippen LogP contribution in [0.15, 0.2) is 0 Å². The van der Waals surface area contributed by atoms with Crippen molar-refractivity contribution in [2.24, 2.45) is 0 Å². The summed E-state index contributed by atoms with van der Waals surface area (Å²) < 4.78 is 12.9. The largest absolute Gasteiger partial charge is 2.00 e. The molecule has 2 heteroatoms. The van der Waals surface area contributed by atoms with Crippen LogP contribution in [0.3, 0.4) is 0 Å². The Bertz CT molecular complexity index is 266. The van der Waals surface area contributed by atoms with Crippen molar-refractivity contribution in [3.8, 4) is 0 Å². The summed E-state index contributed by atoms with van der Waals surface area (Å²) in [6, 6.07) is 2.57. The molecule has 0 atom stereocenters. The molecule has 0 aliphatic carbocycles. The molecule has 0 spiro atoms. The molecule has 0 aliphatic heterocycles. The summed E-state index contributed by atoms with van der Waals surface area (Å²) in [4.78, 5) is 0. The first-order valence-electron chi connectivity index (χ1n) is 3.54. The van der Waals surface area contributed by atoms with E-state index in [4.69, 9.17) is 0 Å². The quantitative estimate of drug-likeness (QED) is 0.466. The number of hydrogen-bond donors (Lipinski definition) is 0. The second kappa shape index (κ2) is 5.31. The summed E-state index contributed by atoms with van der Waals surface area (Å²) >= 11 is 0. The Morgan fingerprint density at radius 2 is 1.54 bits per heavy atom. The van der Waals surface area contributed by atoms with Gasteiger partial charge < -0.3 is 18.6 Å². The van der Waals surface area contributed by atoms with Gasteiger partial charge in [-0.15, -0.1) is 6.92 Å². The van der Waals surface area contributed by atoms with Gasteiger partial charge in [0.1, 0.15) is 0 Å². The molecule has 1 rings (SSSR count). The third kappa shape index (κ3) is 2.75. The van der Waals surface area contributed by atoms with Crippen LogP contribution >= 0.6 is 0 Å². The third-order valence-electron chi connectivity index (χ3n) is 2.17. The van der Waals surface area contributed by atoms with E-state index in [9.17, 15) is 4.39 Å². The Labute approximate surface area is 91.0 Å². The molecule has 0 radical (unpaired) electrons. The van der Waals surface area contributed by atoms with Gasteiger partial charge in [0.25, 0.3) is 0 Å². The van der Waals surface area contributed by atoms with Crippen LogP contribution in [0, 0.1) is 39.6 Å². The molecule has 13 heavy (non-hydrogen) atoms. The zero-order valence-electron chi connectivity index (χ0n) is 7.44. The zero-order valence-corrected chi connectivity index (χ0v) is 8.54. The van der Waals surface area contributed by atoms with Gasteiger partial charge in [-0.1, -0.05) is 19.9 Å². The van der Waals surface area contributed by atoms with Crippen molar-refractivity contribution in [3.63, 3.8) is 0 Å². The maximum Gasteiger partial charge on any atom is 2.00 e. The molecule has 0 heterocycles. The van der Waals surface area contributed by atoms with E-state index in [-0.39, 0.29) is 30.3 Å². The van der Waals surface area contributed by atoms with E-state index in [0.717, 1.165) is 11.1 Å². The minimum atomic E-state index is -0.280. The van der Waals surface area contributed by atoms with Crippen molar-refractivity contribution in [3.05, 3.63) is 41.1 Å².